The minimum absolute atomic E-state index is 0.182. The molecule has 3 rings (SSSR count). The van der Waals surface area contributed by atoms with Crippen molar-refractivity contribution >= 4 is 34.8 Å². The molecule has 0 saturated carbocycles. The number of aromatic nitrogens is 2. The number of nitrogens with zero attached hydrogens (tertiary/aromatic N) is 2. The monoisotopic (exact) mass is 412 g/mol. The third kappa shape index (κ3) is 5.65. The van der Waals surface area contributed by atoms with Crippen LogP contribution in [0.4, 0.5) is 11.4 Å². The van der Waals surface area contributed by atoms with Crippen LogP contribution in [0.5, 0.6) is 0 Å². The molecule has 0 aliphatic rings. The van der Waals surface area contributed by atoms with Gasteiger partial charge in [0.25, 0.3) is 0 Å². The predicted molar refractivity (Wildman–Crippen MR) is 112 cm³/mol. The van der Waals surface area contributed by atoms with E-state index in [0.717, 1.165) is 12.0 Å². The van der Waals surface area contributed by atoms with Gasteiger partial charge in [0.05, 0.1) is 10.7 Å². The summed E-state index contributed by atoms with van der Waals surface area (Å²) in [7, 11) is 0. The molecule has 0 unspecified atom stereocenters. The number of anilines is 2. The van der Waals surface area contributed by atoms with Crippen LogP contribution in [0.2, 0.25) is 5.02 Å². The first kappa shape index (κ1) is 20.5. The van der Waals surface area contributed by atoms with Gasteiger partial charge in [0.2, 0.25) is 23.5 Å². The highest BCUT2D eigenvalue weighted by Gasteiger charge is 2.12. The number of benzene rings is 2. The molecule has 0 aliphatic heterocycles. The number of rotatable bonds is 7. The molecule has 1 heterocycles. The van der Waals surface area contributed by atoms with E-state index in [4.69, 9.17) is 16.1 Å². The van der Waals surface area contributed by atoms with Crippen molar-refractivity contribution in [3.63, 3.8) is 0 Å². The lowest BCUT2D eigenvalue weighted by Gasteiger charge is -2.08. The van der Waals surface area contributed by atoms with Crippen molar-refractivity contribution in [2.24, 2.45) is 0 Å². The highest BCUT2D eigenvalue weighted by Crippen LogP contribution is 2.25. The molecule has 8 heteroatoms. The molecule has 2 amide bonds. The fraction of sp³-hybridized carbons (Fsp3) is 0.238. The number of carbonyl (C=O) groups excluding carboxylic acids is 2. The minimum Gasteiger partial charge on any atom is -0.339 e. The van der Waals surface area contributed by atoms with Gasteiger partial charge in [-0.2, -0.15) is 4.98 Å². The first-order chi connectivity index (χ1) is 13.9. The molecule has 2 aromatic carbocycles. The number of amides is 2. The molecule has 0 saturated heterocycles. The van der Waals surface area contributed by atoms with E-state index in [0.29, 0.717) is 34.5 Å². The smallest absolute Gasteiger partial charge is 0.227 e. The van der Waals surface area contributed by atoms with Gasteiger partial charge in [-0.15, -0.1) is 0 Å². The molecule has 0 atom stereocenters. The van der Waals surface area contributed by atoms with Crippen LogP contribution in [0.25, 0.3) is 11.4 Å². The highest BCUT2D eigenvalue weighted by atomic mass is 35.5. The zero-order chi connectivity index (χ0) is 20.8. The van der Waals surface area contributed by atoms with E-state index in [-0.39, 0.29) is 18.2 Å². The zero-order valence-electron chi connectivity index (χ0n) is 16.2. The Kier molecular flexibility index (Phi) is 6.61. The van der Waals surface area contributed by atoms with Crippen molar-refractivity contribution < 1.29 is 14.1 Å². The van der Waals surface area contributed by atoms with E-state index in [1.54, 1.807) is 18.2 Å². The van der Waals surface area contributed by atoms with Gasteiger partial charge in [-0.1, -0.05) is 47.9 Å². The summed E-state index contributed by atoms with van der Waals surface area (Å²) in [6.45, 7) is 3.49. The fourth-order valence-electron chi connectivity index (χ4n) is 2.69. The Hall–Kier alpha value is -3.19. The lowest BCUT2D eigenvalue weighted by molar-refractivity contribution is -0.116. The van der Waals surface area contributed by atoms with Crippen LogP contribution < -0.4 is 10.6 Å². The standard InChI is InChI=1S/C21H21ClN4O3/c1-3-14-4-6-15(7-5-14)21-25-20(29-26-21)11-10-19(28)24-16-8-9-18(17(22)12-16)23-13(2)27/h4-9,12H,3,10-11H2,1-2H3,(H,23,27)(H,24,28). The van der Waals surface area contributed by atoms with Crippen molar-refractivity contribution in [1.82, 2.24) is 10.1 Å². The van der Waals surface area contributed by atoms with Crippen LogP contribution in [-0.4, -0.2) is 22.0 Å². The van der Waals surface area contributed by atoms with Crippen molar-refractivity contribution in [1.29, 1.82) is 0 Å². The van der Waals surface area contributed by atoms with Crippen LogP contribution in [0.1, 0.15) is 31.7 Å². The molecule has 0 aliphatic carbocycles. The lowest BCUT2D eigenvalue weighted by atomic mass is 10.1. The van der Waals surface area contributed by atoms with Crippen molar-refractivity contribution in [3.05, 3.63) is 58.9 Å². The van der Waals surface area contributed by atoms with Crippen LogP contribution in [0, 0.1) is 0 Å². The van der Waals surface area contributed by atoms with Crippen molar-refractivity contribution in [2.45, 2.75) is 33.1 Å². The summed E-state index contributed by atoms with van der Waals surface area (Å²) in [5, 5.41) is 9.69. The number of hydrogen-bond acceptors (Lipinski definition) is 5. The molecule has 2 N–H and O–H groups in total. The summed E-state index contributed by atoms with van der Waals surface area (Å²) in [4.78, 5) is 27.7. The van der Waals surface area contributed by atoms with Gasteiger partial charge >= 0.3 is 0 Å². The van der Waals surface area contributed by atoms with Crippen LogP contribution in [0.15, 0.2) is 47.0 Å². The molecule has 0 bridgehead atoms. The van der Waals surface area contributed by atoms with Gasteiger partial charge < -0.3 is 15.2 Å². The molecule has 1 aromatic heterocycles. The van der Waals surface area contributed by atoms with Crippen LogP contribution >= 0.6 is 11.6 Å². The van der Waals surface area contributed by atoms with Gasteiger partial charge in [0.1, 0.15) is 0 Å². The van der Waals surface area contributed by atoms with Gasteiger partial charge in [-0.25, -0.2) is 0 Å². The van der Waals surface area contributed by atoms with Gasteiger partial charge in [-0.05, 0) is 30.2 Å². The Balaban J connectivity index is 1.55. The minimum atomic E-state index is -0.219. The maximum Gasteiger partial charge on any atom is 0.227 e. The highest BCUT2D eigenvalue weighted by molar-refractivity contribution is 6.34. The molecule has 150 valence electrons. The van der Waals surface area contributed by atoms with E-state index >= 15 is 0 Å². The summed E-state index contributed by atoms with van der Waals surface area (Å²) < 4.78 is 5.25. The molecule has 0 fully saturated rings. The summed E-state index contributed by atoms with van der Waals surface area (Å²) in [6, 6.07) is 12.8. The molecule has 0 spiro atoms. The summed E-state index contributed by atoms with van der Waals surface area (Å²) in [5.74, 6) is 0.474. The third-order valence-corrected chi connectivity index (χ3v) is 4.53. The Morgan fingerprint density at radius 3 is 2.52 bits per heavy atom. The number of carbonyl (C=O) groups is 2. The fourth-order valence-corrected chi connectivity index (χ4v) is 2.92. The SMILES string of the molecule is CCc1ccc(-c2noc(CCC(=O)Nc3ccc(NC(C)=O)c(Cl)c3)n2)cc1. The van der Waals surface area contributed by atoms with Crippen molar-refractivity contribution in [2.75, 3.05) is 10.6 Å². The number of aryl methyl sites for hydroxylation is 2. The largest absolute Gasteiger partial charge is 0.339 e. The maximum atomic E-state index is 12.2. The first-order valence-corrected chi connectivity index (χ1v) is 9.61. The Morgan fingerprint density at radius 2 is 1.86 bits per heavy atom. The van der Waals surface area contributed by atoms with E-state index in [1.165, 1.54) is 12.5 Å². The number of nitrogens with one attached hydrogen (secondary N) is 2. The average molecular weight is 413 g/mol. The molecule has 3 aromatic rings. The Morgan fingerprint density at radius 1 is 1.10 bits per heavy atom. The second kappa shape index (κ2) is 9.34. The third-order valence-electron chi connectivity index (χ3n) is 4.22. The number of halogens is 1. The summed E-state index contributed by atoms with van der Waals surface area (Å²) >= 11 is 6.11. The zero-order valence-corrected chi connectivity index (χ0v) is 16.9. The predicted octanol–water partition coefficient (Wildman–Crippen LogP) is 4.48. The van der Waals surface area contributed by atoms with Crippen LogP contribution in [0.3, 0.4) is 0 Å². The maximum absolute atomic E-state index is 12.2. The van der Waals surface area contributed by atoms with Crippen molar-refractivity contribution in [3.8, 4) is 11.4 Å². The molecule has 29 heavy (non-hydrogen) atoms. The lowest BCUT2D eigenvalue weighted by Crippen LogP contribution is -2.13. The Bertz CT molecular complexity index is 1020. The quantitative estimate of drug-likeness (QED) is 0.596. The average Bonchev–Trinajstić information content (AvgIpc) is 3.17. The molecular formula is C21H21ClN4O3. The molecule has 0 radical (unpaired) electrons. The van der Waals surface area contributed by atoms with Gasteiger partial charge in [0, 0.05) is 31.0 Å². The van der Waals surface area contributed by atoms with E-state index in [2.05, 4.69) is 27.7 Å². The summed E-state index contributed by atoms with van der Waals surface area (Å²) in [5.41, 5.74) is 3.13. The van der Waals surface area contributed by atoms with Gasteiger partial charge in [-0.3, -0.25) is 9.59 Å². The van der Waals surface area contributed by atoms with Crippen LogP contribution in [-0.2, 0) is 22.4 Å². The van der Waals surface area contributed by atoms with Gasteiger partial charge in [0.15, 0.2) is 0 Å². The van der Waals surface area contributed by atoms with E-state index < -0.39 is 0 Å². The summed E-state index contributed by atoms with van der Waals surface area (Å²) in [6.07, 6.45) is 1.47. The molecule has 7 nitrogen and oxygen atoms in total. The Labute approximate surface area is 173 Å². The van der Waals surface area contributed by atoms with E-state index in [1.807, 2.05) is 24.3 Å². The topological polar surface area (TPSA) is 97.1 Å². The number of hydrogen-bond donors (Lipinski definition) is 2. The first-order valence-electron chi connectivity index (χ1n) is 9.23. The molecular weight excluding hydrogens is 392 g/mol. The second-order valence-corrected chi connectivity index (χ2v) is 6.89. The second-order valence-electron chi connectivity index (χ2n) is 6.49. The normalized spacial score (nSPS) is 10.6. The van der Waals surface area contributed by atoms with E-state index in [9.17, 15) is 9.59 Å².